The molecule has 0 saturated carbocycles. The molecule has 5 nitrogen and oxygen atoms in total. The Balaban J connectivity index is 1.92. The fourth-order valence-electron chi connectivity index (χ4n) is 3.53. The summed E-state index contributed by atoms with van der Waals surface area (Å²) >= 11 is 8.68. The first kappa shape index (κ1) is 19.1. The van der Waals surface area contributed by atoms with E-state index in [1.54, 1.807) is 14.2 Å². The Morgan fingerprint density at radius 1 is 1.00 bits per heavy atom. The van der Waals surface area contributed by atoms with Crippen LogP contribution in [0.15, 0.2) is 42.9 Å². The molecule has 2 heterocycles. The molecule has 7 heteroatoms. The normalized spacial score (nSPS) is 11.2. The predicted octanol–water partition coefficient (Wildman–Crippen LogP) is 5.52. The van der Waals surface area contributed by atoms with Crippen LogP contribution < -0.4 is 9.47 Å². The fraction of sp³-hybridized carbons (Fsp3) is 0.190. The number of benzene rings is 2. The summed E-state index contributed by atoms with van der Waals surface area (Å²) in [5.74, 6) is 1.41. The molecule has 144 valence electrons. The minimum absolute atomic E-state index is 0.683. The second-order valence-corrected chi connectivity index (χ2v) is 8.14. The summed E-state index contributed by atoms with van der Waals surface area (Å²) in [7, 11) is 7.27. The van der Waals surface area contributed by atoms with Crippen LogP contribution in [0.5, 0.6) is 11.5 Å². The second-order valence-electron chi connectivity index (χ2n) is 6.57. The van der Waals surface area contributed by atoms with E-state index < -0.39 is 0 Å². The highest BCUT2D eigenvalue weighted by Gasteiger charge is 2.18. The van der Waals surface area contributed by atoms with Crippen molar-refractivity contribution in [2.75, 3.05) is 14.2 Å². The van der Waals surface area contributed by atoms with Crippen LogP contribution in [-0.4, -0.2) is 28.3 Å². The number of aryl methyl sites for hydroxylation is 2. The molecular formula is C21H19ClIN3O2. The number of imidazole rings is 1. The molecule has 0 unspecified atom stereocenters. The van der Waals surface area contributed by atoms with Gasteiger partial charge >= 0.3 is 0 Å². The molecule has 0 radical (unpaired) electrons. The third-order valence-electron chi connectivity index (χ3n) is 4.86. The van der Waals surface area contributed by atoms with Gasteiger partial charge in [-0.1, -0.05) is 17.7 Å². The summed E-state index contributed by atoms with van der Waals surface area (Å²) in [6.45, 7) is 0. The van der Waals surface area contributed by atoms with Crippen LogP contribution in [0.4, 0.5) is 0 Å². The van der Waals surface area contributed by atoms with Gasteiger partial charge in [0.15, 0.2) is 11.5 Å². The number of nitrogens with zero attached hydrogens (tertiary/aromatic N) is 3. The number of methoxy groups -OCH3 is 2. The van der Waals surface area contributed by atoms with E-state index in [1.165, 1.54) is 0 Å². The zero-order chi connectivity index (χ0) is 20.0. The van der Waals surface area contributed by atoms with Crippen LogP contribution in [-0.2, 0) is 14.1 Å². The van der Waals surface area contributed by atoms with E-state index in [-0.39, 0.29) is 0 Å². The largest absolute Gasteiger partial charge is 0.493 e. The highest BCUT2D eigenvalue weighted by atomic mass is 127. The van der Waals surface area contributed by atoms with Crippen molar-refractivity contribution in [3.8, 4) is 34.0 Å². The molecule has 2 aromatic heterocycles. The van der Waals surface area contributed by atoms with Gasteiger partial charge in [-0.15, -0.1) is 0 Å². The number of hydrogen-bond donors (Lipinski definition) is 0. The van der Waals surface area contributed by atoms with E-state index in [9.17, 15) is 0 Å². The maximum atomic E-state index is 6.43. The van der Waals surface area contributed by atoms with E-state index in [2.05, 4.69) is 51.8 Å². The monoisotopic (exact) mass is 507 g/mol. The quantitative estimate of drug-likeness (QED) is 0.342. The molecule has 0 saturated heterocycles. The molecule has 0 fully saturated rings. The molecule has 2 aromatic carbocycles. The lowest BCUT2D eigenvalue weighted by Crippen LogP contribution is -1.96. The zero-order valence-electron chi connectivity index (χ0n) is 16.0. The topological polar surface area (TPSA) is 41.2 Å². The van der Waals surface area contributed by atoms with Gasteiger partial charge in [-0.05, 0) is 46.9 Å². The Kier molecular flexibility index (Phi) is 5.01. The van der Waals surface area contributed by atoms with Crippen molar-refractivity contribution >= 4 is 45.1 Å². The standard InChI is InChI=1S/C21H19ClIN3O2/c1-25-10-15(22)14-7-12(5-6-17(14)25)20-19(24-11-26(20)2)13-8-16(23)21(28-4)18(9-13)27-3/h5-11H,1-4H3. The van der Waals surface area contributed by atoms with Crippen molar-refractivity contribution in [2.45, 2.75) is 0 Å². The third-order valence-corrected chi connectivity index (χ3v) is 5.96. The molecule has 0 aliphatic heterocycles. The van der Waals surface area contributed by atoms with Crippen LogP contribution in [0.3, 0.4) is 0 Å². The molecule has 0 amide bonds. The van der Waals surface area contributed by atoms with Crippen molar-refractivity contribution < 1.29 is 9.47 Å². The van der Waals surface area contributed by atoms with Gasteiger partial charge in [0.25, 0.3) is 0 Å². The van der Waals surface area contributed by atoms with Gasteiger partial charge in [-0.2, -0.15) is 0 Å². The van der Waals surface area contributed by atoms with Crippen molar-refractivity contribution in [1.29, 1.82) is 0 Å². The number of aromatic nitrogens is 3. The highest BCUT2D eigenvalue weighted by molar-refractivity contribution is 14.1. The highest BCUT2D eigenvalue weighted by Crippen LogP contribution is 2.40. The van der Waals surface area contributed by atoms with Crippen molar-refractivity contribution in [1.82, 2.24) is 14.1 Å². The Morgan fingerprint density at radius 2 is 1.79 bits per heavy atom. The van der Waals surface area contributed by atoms with Gasteiger partial charge in [-0.25, -0.2) is 4.98 Å². The van der Waals surface area contributed by atoms with Gasteiger partial charge < -0.3 is 18.6 Å². The smallest absolute Gasteiger partial charge is 0.174 e. The second kappa shape index (κ2) is 7.33. The van der Waals surface area contributed by atoms with Crippen LogP contribution in [0, 0.1) is 3.57 Å². The molecule has 0 bridgehead atoms. The Hall–Kier alpha value is -2.19. The van der Waals surface area contributed by atoms with Gasteiger partial charge in [0.1, 0.15) is 0 Å². The molecule has 0 aliphatic carbocycles. The van der Waals surface area contributed by atoms with Gasteiger partial charge in [0.2, 0.25) is 0 Å². The molecule has 4 aromatic rings. The molecule has 4 rings (SSSR count). The predicted molar refractivity (Wildman–Crippen MR) is 121 cm³/mol. The van der Waals surface area contributed by atoms with Gasteiger partial charge in [0, 0.05) is 42.3 Å². The zero-order valence-corrected chi connectivity index (χ0v) is 18.9. The maximum Gasteiger partial charge on any atom is 0.174 e. The summed E-state index contributed by atoms with van der Waals surface area (Å²) in [5.41, 5.74) is 5.02. The minimum atomic E-state index is 0.683. The Labute approximate surface area is 182 Å². The van der Waals surface area contributed by atoms with Crippen molar-refractivity contribution in [3.63, 3.8) is 0 Å². The lowest BCUT2D eigenvalue weighted by atomic mass is 10.0. The van der Waals surface area contributed by atoms with E-state index in [0.29, 0.717) is 5.75 Å². The number of hydrogen-bond acceptors (Lipinski definition) is 3. The van der Waals surface area contributed by atoms with Crippen LogP contribution in [0.25, 0.3) is 33.4 Å². The third kappa shape index (κ3) is 3.04. The Morgan fingerprint density at radius 3 is 2.50 bits per heavy atom. The van der Waals surface area contributed by atoms with Crippen molar-refractivity contribution in [3.05, 3.63) is 51.4 Å². The Bertz CT molecular complexity index is 1200. The van der Waals surface area contributed by atoms with E-state index in [1.807, 2.05) is 41.8 Å². The lowest BCUT2D eigenvalue weighted by Gasteiger charge is -2.13. The number of halogens is 2. The summed E-state index contributed by atoms with van der Waals surface area (Å²) in [6.07, 6.45) is 3.75. The van der Waals surface area contributed by atoms with Gasteiger partial charge in [-0.3, -0.25) is 0 Å². The minimum Gasteiger partial charge on any atom is -0.493 e. The first-order valence-electron chi connectivity index (χ1n) is 8.62. The summed E-state index contributed by atoms with van der Waals surface area (Å²) < 4.78 is 16.0. The van der Waals surface area contributed by atoms with Crippen molar-refractivity contribution in [2.24, 2.45) is 14.1 Å². The molecule has 0 aliphatic rings. The maximum absolute atomic E-state index is 6.43. The van der Waals surface area contributed by atoms with Gasteiger partial charge in [0.05, 0.1) is 40.5 Å². The summed E-state index contributed by atoms with van der Waals surface area (Å²) in [6, 6.07) is 10.3. The van der Waals surface area contributed by atoms with Crippen LogP contribution in [0.2, 0.25) is 5.02 Å². The summed E-state index contributed by atoms with van der Waals surface area (Å²) in [5, 5.41) is 1.76. The van der Waals surface area contributed by atoms with E-state index in [4.69, 9.17) is 21.1 Å². The van der Waals surface area contributed by atoms with Crippen LogP contribution >= 0.6 is 34.2 Å². The average Bonchev–Trinajstić information content (AvgIpc) is 3.20. The summed E-state index contributed by atoms with van der Waals surface area (Å²) in [4.78, 5) is 4.67. The molecule has 0 N–H and O–H groups in total. The molecule has 0 spiro atoms. The molecule has 0 atom stereocenters. The van der Waals surface area contributed by atoms with Crippen LogP contribution in [0.1, 0.15) is 0 Å². The SMILES string of the molecule is COc1cc(-c2ncn(C)c2-c2ccc3c(c2)c(Cl)cn3C)cc(I)c1OC. The lowest BCUT2D eigenvalue weighted by molar-refractivity contribution is 0.353. The van der Waals surface area contributed by atoms with E-state index in [0.717, 1.165) is 47.8 Å². The average molecular weight is 508 g/mol. The fourth-order valence-corrected chi connectivity index (χ4v) is 4.65. The van der Waals surface area contributed by atoms with E-state index >= 15 is 0 Å². The number of ether oxygens (including phenoxy) is 2. The number of fused-ring (bicyclic) bond motifs is 1. The molecule has 28 heavy (non-hydrogen) atoms. The first-order valence-corrected chi connectivity index (χ1v) is 10.1. The first-order chi connectivity index (χ1) is 13.4. The number of rotatable bonds is 4. The molecular weight excluding hydrogens is 489 g/mol.